The van der Waals surface area contributed by atoms with E-state index in [0.717, 1.165) is 11.6 Å². The molecule has 1 nitrogen and oxygen atoms in total. The van der Waals surface area contributed by atoms with Gasteiger partial charge in [0.05, 0.1) is 5.69 Å². The van der Waals surface area contributed by atoms with Gasteiger partial charge in [-0.1, -0.05) is 12.1 Å². The van der Waals surface area contributed by atoms with E-state index in [4.69, 9.17) is 4.11 Å². The predicted molar refractivity (Wildman–Crippen MR) is 59.1 cm³/mol. The third-order valence-corrected chi connectivity index (χ3v) is 2.16. The van der Waals surface area contributed by atoms with E-state index in [-0.39, 0.29) is 5.56 Å². The zero-order valence-electron chi connectivity index (χ0n) is 11.3. The summed E-state index contributed by atoms with van der Waals surface area (Å²) in [4.78, 5) is 4.12. The lowest BCUT2D eigenvalue weighted by Crippen LogP contribution is -1.89. The minimum absolute atomic E-state index is 0.00383. The minimum Gasteiger partial charge on any atom is -0.256 e. The average Bonchev–Trinajstić information content (AvgIpc) is 2.29. The Labute approximate surface area is 92.8 Å². The van der Waals surface area contributed by atoms with Gasteiger partial charge in [-0.15, -0.1) is 0 Å². The normalized spacial score (nSPS) is 14.1. The van der Waals surface area contributed by atoms with Crippen LogP contribution in [0.15, 0.2) is 36.5 Å². The van der Waals surface area contributed by atoms with Gasteiger partial charge in [0.15, 0.2) is 0 Å². The number of hydrogen-bond donors (Lipinski definition) is 0. The number of pyridine rings is 1. The van der Waals surface area contributed by atoms with Gasteiger partial charge in [0, 0.05) is 15.9 Å². The van der Waals surface area contributed by atoms with E-state index in [2.05, 4.69) is 4.98 Å². The van der Waals surface area contributed by atoms with Crippen molar-refractivity contribution in [2.24, 2.45) is 0 Å². The Bertz CT molecular complexity index is 561. The maximum Gasteiger partial charge on any atom is 0.132 e. The maximum atomic E-state index is 13.9. The van der Waals surface area contributed by atoms with Crippen LogP contribution >= 0.6 is 0 Å². The third kappa shape index (κ3) is 2.04. The molecule has 2 rings (SSSR count). The summed E-state index contributed by atoms with van der Waals surface area (Å²) in [5.41, 5.74) is 1.78. The van der Waals surface area contributed by atoms with E-state index in [1.54, 1.807) is 12.3 Å². The monoisotopic (exact) mass is 204 g/mol. The second kappa shape index (κ2) is 3.81. The number of nitrogens with zero attached hydrogens (tertiary/aromatic N) is 1. The van der Waals surface area contributed by atoms with Crippen molar-refractivity contribution < 1.29 is 8.50 Å². The molecule has 15 heavy (non-hydrogen) atoms. The largest absolute Gasteiger partial charge is 0.256 e. The highest BCUT2D eigenvalue weighted by atomic mass is 19.1. The predicted octanol–water partition coefficient (Wildman–Crippen LogP) is 3.50. The van der Waals surface area contributed by atoms with Crippen LogP contribution in [0.1, 0.15) is 15.2 Å². The molecule has 0 saturated carbocycles. The van der Waals surface area contributed by atoms with Gasteiger partial charge in [-0.2, -0.15) is 0 Å². The second-order valence-electron chi connectivity index (χ2n) is 3.42. The van der Waals surface area contributed by atoms with Gasteiger partial charge in [0.2, 0.25) is 0 Å². The topological polar surface area (TPSA) is 12.9 Å². The zero-order chi connectivity index (χ0) is 13.3. The summed E-state index contributed by atoms with van der Waals surface area (Å²) in [6.45, 7) is -0.398. The van der Waals surface area contributed by atoms with Gasteiger partial charge in [-0.3, -0.25) is 4.98 Å². The molecule has 0 aliphatic carbocycles. The first-order chi connectivity index (χ1) is 8.38. The van der Waals surface area contributed by atoms with E-state index < -0.39 is 12.7 Å². The highest BCUT2D eigenvalue weighted by Crippen LogP contribution is 2.21. The smallest absolute Gasteiger partial charge is 0.132 e. The molecule has 0 unspecified atom stereocenters. The van der Waals surface area contributed by atoms with E-state index in [0.29, 0.717) is 11.3 Å². The highest BCUT2D eigenvalue weighted by molar-refractivity contribution is 5.60. The fourth-order valence-electron chi connectivity index (χ4n) is 1.35. The Morgan fingerprint density at radius 3 is 2.60 bits per heavy atom. The first-order valence-electron chi connectivity index (χ1n) is 6.11. The summed E-state index contributed by atoms with van der Waals surface area (Å²) in [6, 6.07) is 7.45. The molecule has 0 amide bonds. The Morgan fingerprint density at radius 2 is 2.00 bits per heavy atom. The van der Waals surface area contributed by atoms with Crippen molar-refractivity contribution in [3.63, 3.8) is 0 Å². The molecule has 0 N–H and O–H groups in total. The third-order valence-electron chi connectivity index (χ3n) is 2.16. The molecule has 0 atom stereocenters. The molecule has 1 heterocycles. The fraction of sp³-hybridized carbons (Fsp3) is 0.154. The van der Waals surface area contributed by atoms with Crippen molar-refractivity contribution in [3.05, 3.63) is 53.5 Å². The molecule has 0 fully saturated rings. The van der Waals surface area contributed by atoms with Crippen LogP contribution in [0.25, 0.3) is 11.3 Å². The molecule has 0 aliphatic rings. The van der Waals surface area contributed by atoms with Crippen molar-refractivity contribution >= 4 is 0 Å². The summed E-state index contributed by atoms with van der Waals surface area (Å²) in [5.74, 6) is -0.569. The van der Waals surface area contributed by atoms with E-state index >= 15 is 0 Å². The molecule has 2 aromatic rings. The standard InChI is InChI=1S/C13H12FN/c1-9-3-5-11(12(14)7-9)13-6-4-10(2)8-15-13/h3-8H,1-2H3/i1D3. The molecule has 76 valence electrons. The SMILES string of the molecule is [2H]C([2H])([2H])c1ccc(-c2ccc(C)cn2)c(F)c1. The Kier molecular flexibility index (Phi) is 1.71. The lowest BCUT2D eigenvalue weighted by Gasteiger charge is -2.03. The Hall–Kier alpha value is -1.70. The van der Waals surface area contributed by atoms with E-state index in [1.165, 1.54) is 12.1 Å². The Balaban J connectivity index is 2.45. The molecule has 1 aromatic carbocycles. The van der Waals surface area contributed by atoms with Crippen LogP contribution in [0, 0.1) is 19.6 Å². The maximum absolute atomic E-state index is 13.9. The summed E-state index contributed by atoms with van der Waals surface area (Å²) in [5, 5.41) is 0. The lowest BCUT2D eigenvalue weighted by atomic mass is 10.1. The van der Waals surface area contributed by atoms with Gasteiger partial charge in [-0.25, -0.2) is 4.39 Å². The van der Waals surface area contributed by atoms with Crippen LogP contribution in [0.2, 0.25) is 0 Å². The van der Waals surface area contributed by atoms with Crippen molar-refractivity contribution in [3.8, 4) is 11.3 Å². The van der Waals surface area contributed by atoms with Crippen molar-refractivity contribution in [2.45, 2.75) is 13.8 Å². The number of aryl methyl sites for hydroxylation is 2. The van der Waals surface area contributed by atoms with Crippen LogP contribution in [0.3, 0.4) is 0 Å². The van der Waals surface area contributed by atoms with Gasteiger partial charge >= 0.3 is 0 Å². The van der Waals surface area contributed by atoms with Gasteiger partial charge in [0.1, 0.15) is 5.82 Å². The molecule has 2 heteroatoms. The number of benzene rings is 1. The van der Waals surface area contributed by atoms with Gasteiger partial charge < -0.3 is 0 Å². The number of rotatable bonds is 1. The zero-order valence-corrected chi connectivity index (χ0v) is 8.29. The molecule has 0 saturated heterocycles. The van der Waals surface area contributed by atoms with Crippen LogP contribution in [-0.2, 0) is 0 Å². The quantitative estimate of drug-likeness (QED) is 0.692. The van der Waals surface area contributed by atoms with Crippen LogP contribution in [0.5, 0.6) is 0 Å². The summed E-state index contributed by atoms with van der Waals surface area (Å²) < 4.78 is 35.5. The first-order valence-corrected chi connectivity index (χ1v) is 4.61. The van der Waals surface area contributed by atoms with Crippen LogP contribution in [-0.4, -0.2) is 4.98 Å². The van der Waals surface area contributed by atoms with Crippen molar-refractivity contribution in [1.82, 2.24) is 4.98 Å². The van der Waals surface area contributed by atoms with E-state index in [9.17, 15) is 4.39 Å². The summed E-state index contributed by atoms with van der Waals surface area (Å²) in [6.07, 6.45) is 1.65. The molecular formula is C13H12FN. The number of hydrogen-bond acceptors (Lipinski definition) is 1. The van der Waals surface area contributed by atoms with Crippen molar-refractivity contribution in [1.29, 1.82) is 0 Å². The summed E-state index contributed by atoms with van der Waals surface area (Å²) in [7, 11) is 0. The molecule has 0 spiro atoms. The second-order valence-corrected chi connectivity index (χ2v) is 3.42. The first kappa shape index (κ1) is 6.72. The molecule has 0 aliphatic heterocycles. The van der Waals surface area contributed by atoms with Gasteiger partial charge in [-0.05, 0) is 43.1 Å². The molecular weight excluding hydrogens is 189 g/mol. The minimum atomic E-state index is -2.29. The highest BCUT2D eigenvalue weighted by Gasteiger charge is 2.05. The number of halogens is 1. The molecule has 0 radical (unpaired) electrons. The summed E-state index contributed by atoms with van der Waals surface area (Å²) >= 11 is 0. The Morgan fingerprint density at radius 1 is 1.20 bits per heavy atom. The van der Waals surface area contributed by atoms with Crippen LogP contribution in [0.4, 0.5) is 4.39 Å². The molecule has 0 bridgehead atoms. The van der Waals surface area contributed by atoms with Crippen LogP contribution < -0.4 is 0 Å². The fourth-order valence-corrected chi connectivity index (χ4v) is 1.35. The average molecular weight is 204 g/mol. The van der Waals surface area contributed by atoms with E-state index in [1.807, 2.05) is 13.0 Å². The number of aromatic nitrogens is 1. The molecule has 1 aromatic heterocycles. The lowest BCUT2D eigenvalue weighted by molar-refractivity contribution is 0.629. The van der Waals surface area contributed by atoms with Crippen molar-refractivity contribution in [2.75, 3.05) is 0 Å². The van der Waals surface area contributed by atoms with Gasteiger partial charge in [0.25, 0.3) is 0 Å².